The fourth-order valence-electron chi connectivity index (χ4n) is 2.77. The molecule has 0 amide bonds. The first kappa shape index (κ1) is 15.5. The molecule has 20 heavy (non-hydrogen) atoms. The molecule has 0 spiro atoms. The highest BCUT2D eigenvalue weighted by atomic mass is 32.2. The zero-order valence-electron chi connectivity index (χ0n) is 12.3. The van der Waals surface area contributed by atoms with E-state index >= 15 is 0 Å². The summed E-state index contributed by atoms with van der Waals surface area (Å²) in [5.74, 6) is 0. The lowest BCUT2D eigenvalue weighted by atomic mass is 9.96. The third-order valence-electron chi connectivity index (χ3n) is 4.09. The van der Waals surface area contributed by atoms with Gasteiger partial charge in [0.05, 0.1) is 0 Å². The molecule has 0 atom stereocenters. The van der Waals surface area contributed by atoms with Crippen LogP contribution in [0.2, 0.25) is 0 Å². The van der Waals surface area contributed by atoms with Crippen LogP contribution in [0.5, 0.6) is 0 Å². The van der Waals surface area contributed by atoms with Gasteiger partial charge in [0.2, 0.25) is 0 Å². The molecular formula is C15H24N2O2S. The molecule has 1 aromatic rings. The van der Waals surface area contributed by atoms with E-state index in [0.29, 0.717) is 6.54 Å². The van der Waals surface area contributed by atoms with Crippen molar-refractivity contribution < 1.29 is 8.42 Å². The molecule has 5 heteroatoms. The van der Waals surface area contributed by atoms with Gasteiger partial charge in [-0.3, -0.25) is 0 Å². The Balaban J connectivity index is 2.04. The van der Waals surface area contributed by atoms with E-state index in [1.165, 1.54) is 10.7 Å². The van der Waals surface area contributed by atoms with Crippen LogP contribution in [0, 0.1) is 0 Å². The normalized spacial score (nSPS) is 17.8. The summed E-state index contributed by atoms with van der Waals surface area (Å²) >= 11 is 0. The lowest BCUT2D eigenvalue weighted by Gasteiger charge is -2.33. The van der Waals surface area contributed by atoms with Crippen LogP contribution in [0.3, 0.4) is 0 Å². The molecule has 0 aromatic heterocycles. The fourth-order valence-corrected chi connectivity index (χ4v) is 4.11. The van der Waals surface area contributed by atoms with Crippen molar-refractivity contribution in [1.82, 2.24) is 8.61 Å². The van der Waals surface area contributed by atoms with Crippen molar-refractivity contribution in [3.63, 3.8) is 0 Å². The smallest absolute Gasteiger partial charge is 0.195 e. The average Bonchev–Trinajstić information content (AvgIpc) is 2.48. The second-order valence-electron chi connectivity index (χ2n) is 5.56. The van der Waals surface area contributed by atoms with E-state index in [-0.39, 0.29) is 6.04 Å². The SMILES string of the molecule is CN(Cc1ccccc1)S(=O)(=O)N(C)C1CCCCC1. The standard InChI is InChI=1S/C15H24N2O2S/c1-16(13-14-9-5-3-6-10-14)20(18,19)17(2)15-11-7-4-8-12-15/h3,5-6,9-10,15H,4,7-8,11-13H2,1-2H3. The van der Waals surface area contributed by atoms with Crippen LogP contribution >= 0.6 is 0 Å². The fraction of sp³-hybridized carbons (Fsp3) is 0.600. The highest BCUT2D eigenvalue weighted by Gasteiger charge is 2.30. The summed E-state index contributed by atoms with van der Waals surface area (Å²) in [6.07, 6.45) is 5.45. The van der Waals surface area contributed by atoms with E-state index in [1.54, 1.807) is 18.4 Å². The van der Waals surface area contributed by atoms with Gasteiger partial charge < -0.3 is 0 Å². The van der Waals surface area contributed by atoms with Crippen LogP contribution in [-0.4, -0.2) is 37.2 Å². The summed E-state index contributed by atoms with van der Waals surface area (Å²) in [6, 6.07) is 9.86. The quantitative estimate of drug-likeness (QED) is 0.838. The minimum absolute atomic E-state index is 0.159. The minimum Gasteiger partial charge on any atom is -0.195 e. The highest BCUT2D eigenvalue weighted by Crippen LogP contribution is 2.24. The Kier molecular flexibility index (Phi) is 5.18. The van der Waals surface area contributed by atoms with Crippen molar-refractivity contribution in [2.75, 3.05) is 14.1 Å². The molecule has 2 rings (SSSR count). The summed E-state index contributed by atoms with van der Waals surface area (Å²) < 4.78 is 28.2. The molecule has 1 fully saturated rings. The predicted molar refractivity (Wildman–Crippen MR) is 81.5 cm³/mol. The van der Waals surface area contributed by atoms with Crippen LogP contribution in [-0.2, 0) is 16.8 Å². The largest absolute Gasteiger partial charge is 0.282 e. The summed E-state index contributed by atoms with van der Waals surface area (Å²) in [6.45, 7) is 0.417. The van der Waals surface area contributed by atoms with Crippen LogP contribution in [0.15, 0.2) is 30.3 Å². The molecule has 0 unspecified atom stereocenters. The molecule has 0 heterocycles. The van der Waals surface area contributed by atoms with Crippen molar-refractivity contribution in [2.45, 2.75) is 44.7 Å². The second kappa shape index (κ2) is 6.70. The Hall–Kier alpha value is -0.910. The third kappa shape index (κ3) is 3.59. The maximum Gasteiger partial charge on any atom is 0.282 e. The topological polar surface area (TPSA) is 40.6 Å². The molecule has 1 aromatic carbocycles. The van der Waals surface area contributed by atoms with Crippen molar-refractivity contribution in [1.29, 1.82) is 0 Å². The molecule has 1 saturated carbocycles. The molecule has 0 bridgehead atoms. The summed E-state index contributed by atoms with van der Waals surface area (Å²) in [4.78, 5) is 0. The number of benzene rings is 1. The number of rotatable bonds is 5. The summed E-state index contributed by atoms with van der Waals surface area (Å²) in [5.41, 5.74) is 1.01. The zero-order valence-corrected chi connectivity index (χ0v) is 13.1. The minimum atomic E-state index is -3.37. The van der Waals surface area contributed by atoms with Crippen molar-refractivity contribution in [2.24, 2.45) is 0 Å². The van der Waals surface area contributed by atoms with E-state index in [9.17, 15) is 8.42 Å². The zero-order chi connectivity index (χ0) is 14.6. The van der Waals surface area contributed by atoms with Crippen LogP contribution in [0.4, 0.5) is 0 Å². The van der Waals surface area contributed by atoms with Gasteiger partial charge in [-0.25, -0.2) is 0 Å². The molecule has 4 nitrogen and oxygen atoms in total. The van der Waals surface area contributed by atoms with Gasteiger partial charge in [-0.1, -0.05) is 49.6 Å². The van der Waals surface area contributed by atoms with Crippen LogP contribution in [0.25, 0.3) is 0 Å². The van der Waals surface area contributed by atoms with E-state index in [0.717, 1.165) is 31.2 Å². The van der Waals surface area contributed by atoms with Gasteiger partial charge in [0, 0.05) is 26.7 Å². The van der Waals surface area contributed by atoms with Gasteiger partial charge in [0.15, 0.2) is 0 Å². The Morgan fingerprint density at radius 2 is 1.65 bits per heavy atom. The molecule has 0 radical (unpaired) electrons. The van der Waals surface area contributed by atoms with Gasteiger partial charge in [-0.05, 0) is 18.4 Å². The maximum atomic E-state index is 12.6. The van der Waals surface area contributed by atoms with Gasteiger partial charge in [0.25, 0.3) is 10.2 Å². The Morgan fingerprint density at radius 1 is 1.05 bits per heavy atom. The van der Waals surface area contributed by atoms with Crippen LogP contribution in [0.1, 0.15) is 37.7 Å². The maximum absolute atomic E-state index is 12.6. The van der Waals surface area contributed by atoms with Gasteiger partial charge in [0.1, 0.15) is 0 Å². The van der Waals surface area contributed by atoms with E-state index in [2.05, 4.69) is 0 Å². The van der Waals surface area contributed by atoms with Crippen molar-refractivity contribution >= 4 is 10.2 Å². The first-order valence-corrected chi connectivity index (χ1v) is 8.65. The molecular weight excluding hydrogens is 272 g/mol. The summed E-state index contributed by atoms with van der Waals surface area (Å²) in [7, 11) is -0.000624. The van der Waals surface area contributed by atoms with Gasteiger partial charge in [-0.2, -0.15) is 17.0 Å². The molecule has 0 N–H and O–H groups in total. The Bertz CT molecular complexity index is 510. The van der Waals surface area contributed by atoms with Crippen LogP contribution < -0.4 is 0 Å². The number of hydrogen-bond acceptors (Lipinski definition) is 2. The molecule has 1 aliphatic carbocycles. The van der Waals surface area contributed by atoms with Crippen molar-refractivity contribution in [3.8, 4) is 0 Å². The lowest BCUT2D eigenvalue weighted by Crippen LogP contribution is -2.45. The predicted octanol–water partition coefficient (Wildman–Crippen LogP) is 2.63. The lowest BCUT2D eigenvalue weighted by molar-refractivity contribution is 0.268. The van der Waals surface area contributed by atoms with Gasteiger partial charge >= 0.3 is 0 Å². The molecule has 0 aliphatic heterocycles. The first-order chi connectivity index (χ1) is 9.51. The molecule has 112 valence electrons. The van der Waals surface area contributed by atoms with E-state index in [1.807, 2.05) is 30.3 Å². The van der Waals surface area contributed by atoms with E-state index < -0.39 is 10.2 Å². The van der Waals surface area contributed by atoms with Crippen molar-refractivity contribution in [3.05, 3.63) is 35.9 Å². The monoisotopic (exact) mass is 296 g/mol. The Morgan fingerprint density at radius 3 is 2.25 bits per heavy atom. The van der Waals surface area contributed by atoms with E-state index in [4.69, 9.17) is 0 Å². The first-order valence-electron chi connectivity index (χ1n) is 7.25. The Labute approximate surface area is 122 Å². The number of hydrogen-bond donors (Lipinski definition) is 0. The summed E-state index contributed by atoms with van der Waals surface area (Å²) in [5, 5.41) is 0. The molecule has 1 aliphatic rings. The highest BCUT2D eigenvalue weighted by molar-refractivity contribution is 7.86. The molecule has 0 saturated heterocycles. The van der Waals surface area contributed by atoms with Gasteiger partial charge in [-0.15, -0.1) is 0 Å². The average molecular weight is 296 g/mol. The third-order valence-corrected chi connectivity index (χ3v) is 6.04. The second-order valence-corrected chi connectivity index (χ2v) is 7.65. The number of nitrogens with zero attached hydrogens (tertiary/aromatic N) is 2.